The van der Waals surface area contributed by atoms with Crippen LogP contribution in [-0.4, -0.2) is 37.6 Å². The number of pyridine rings is 1. The summed E-state index contributed by atoms with van der Waals surface area (Å²) in [6.45, 7) is 1.80. The van der Waals surface area contributed by atoms with E-state index in [2.05, 4.69) is 42.8 Å². The van der Waals surface area contributed by atoms with Crippen molar-refractivity contribution in [3.8, 4) is 0 Å². The van der Waals surface area contributed by atoms with Crippen molar-refractivity contribution in [3.63, 3.8) is 0 Å². The third-order valence-corrected chi connectivity index (χ3v) is 6.82. The van der Waals surface area contributed by atoms with Crippen molar-refractivity contribution in [2.24, 2.45) is 0 Å². The second-order valence-electron chi connectivity index (χ2n) is 8.46. The lowest BCUT2D eigenvalue weighted by Gasteiger charge is -2.14. The van der Waals surface area contributed by atoms with Crippen LogP contribution in [0.3, 0.4) is 0 Å². The van der Waals surface area contributed by atoms with Crippen LogP contribution in [0.2, 0.25) is 0 Å². The molecular weight excluding hydrogens is 460 g/mol. The van der Waals surface area contributed by atoms with Gasteiger partial charge in [0.25, 0.3) is 6.43 Å². The topological polar surface area (TPSA) is 92.7 Å². The highest BCUT2D eigenvalue weighted by atomic mass is 32.2. The van der Waals surface area contributed by atoms with Gasteiger partial charge in [0.2, 0.25) is 0 Å². The Morgan fingerprint density at radius 1 is 1.12 bits per heavy atom. The highest BCUT2D eigenvalue weighted by Crippen LogP contribution is 2.43. The van der Waals surface area contributed by atoms with Gasteiger partial charge in [-0.15, -0.1) is 11.8 Å². The quantitative estimate of drug-likeness (QED) is 0.290. The molecule has 0 amide bonds. The van der Waals surface area contributed by atoms with Crippen LogP contribution in [0.4, 0.5) is 31.8 Å². The number of rotatable bonds is 7. The molecule has 4 aromatic rings. The average molecular weight is 484 g/mol. The Bertz CT molecular complexity index is 1340. The van der Waals surface area contributed by atoms with Crippen molar-refractivity contribution in [2.45, 2.75) is 43.2 Å². The number of ether oxygens (including phenoxy) is 1. The van der Waals surface area contributed by atoms with Crippen molar-refractivity contribution >= 4 is 45.9 Å². The number of nitrogens with zero attached hydrogens (tertiary/aromatic N) is 4. The Labute approximate surface area is 198 Å². The zero-order chi connectivity index (χ0) is 23.2. The molecule has 1 aromatic carbocycles. The molecule has 2 aliphatic rings. The number of alkyl halides is 2. The zero-order valence-corrected chi connectivity index (χ0v) is 19.3. The number of hydrogen-bond donors (Lipinski definition) is 3. The number of fused-ring (bicyclic) bond motifs is 2. The van der Waals surface area contributed by atoms with Crippen molar-refractivity contribution in [3.05, 3.63) is 47.4 Å². The maximum atomic E-state index is 13.4. The van der Waals surface area contributed by atoms with Crippen LogP contribution >= 0.6 is 11.8 Å². The summed E-state index contributed by atoms with van der Waals surface area (Å²) in [7, 11) is 0. The van der Waals surface area contributed by atoms with Gasteiger partial charge in [0.1, 0.15) is 11.3 Å². The van der Waals surface area contributed by atoms with Crippen LogP contribution in [0.1, 0.15) is 42.3 Å². The predicted molar refractivity (Wildman–Crippen MR) is 127 cm³/mol. The first-order chi connectivity index (χ1) is 16.6. The molecule has 8 nitrogen and oxygen atoms in total. The molecule has 1 saturated carbocycles. The number of hydrogen-bond acceptors (Lipinski definition) is 7. The van der Waals surface area contributed by atoms with Crippen molar-refractivity contribution < 1.29 is 13.5 Å². The summed E-state index contributed by atoms with van der Waals surface area (Å²) in [6.07, 6.45) is 1.77. The molecule has 0 unspecified atom stereocenters. The number of aromatic amines is 1. The number of halogens is 2. The molecule has 0 spiro atoms. The second-order valence-corrected chi connectivity index (χ2v) is 9.31. The fraction of sp³-hybridized carbons (Fsp3) is 0.348. The average Bonchev–Trinajstić information content (AvgIpc) is 3.45. The van der Waals surface area contributed by atoms with Gasteiger partial charge in [-0.2, -0.15) is 5.10 Å². The van der Waals surface area contributed by atoms with Gasteiger partial charge in [0.15, 0.2) is 17.3 Å². The van der Waals surface area contributed by atoms with Gasteiger partial charge in [0, 0.05) is 17.0 Å². The standard InChI is InChI=1S/C23H23F2N7OS/c1-34-17-8-13(12-2-3-12)4-5-15(17)26-16-10-18(28-22-20(16)29-23(30-22)21(24)25)27-19-9-14-11-33-7-6-32(14)31-19/h4-5,8-10,12,21H,2-3,6-7,11H2,1H3,(H3,26,27,28,29,30,31). The van der Waals surface area contributed by atoms with E-state index in [-0.39, 0.29) is 5.65 Å². The molecule has 0 atom stereocenters. The summed E-state index contributed by atoms with van der Waals surface area (Å²) in [5.41, 5.74) is 4.44. The molecular formula is C23H23F2N7OS. The molecule has 176 valence electrons. The first-order valence-corrected chi connectivity index (χ1v) is 12.3. The van der Waals surface area contributed by atoms with Gasteiger partial charge in [-0.05, 0) is 42.7 Å². The van der Waals surface area contributed by atoms with E-state index in [0.717, 1.165) is 16.3 Å². The van der Waals surface area contributed by atoms with E-state index in [1.165, 1.54) is 18.4 Å². The van der Waals surface area contributed by atoms with Crippen LogP contribution in [0.15, 0.2) is 35.2 Å². The van der Waals surface area contributed by atoms with E-state index < -0.39 is 12.2 Å². The van der Waals surface area contributed by atoms with E-state index >= 15 is 0 Å². The Kier molecular flexibility index (Phi) is 5.37. The fourth-order valence-electron chi connectivity index (χ4n) is 4.18. The molecule has 0 bridgehead atoms. The zero-order valence-electron chi connectivity index (χ0n) is 18.4. The van der Waals surface area contributed by atoms with Crippen LogP contribution in [-0.2, 0) is 17.9 Å². The van der Waals surface area contributed by atoms with Crippen molar-refractivity contribution in [1.82, 2.24) is 24.7 Å². The Hall–Kier alpha value is -3.18. The maximum Gasteiger partial charge on any atom is 0.295 e. The lowest BCUT2D eigenvalue weighted by Crippen LogP contribution is -2.16. The molecule has 6 rings (SSSR count). The smallest absolute Gasteiger partial charge is 0.295 e. The SMILES string of the molecule is CSc1cc(C2CC2)ccc1Nc1cc(Nc2cc3n(n2)CCOC3)nc2nc(C(F)F)[nH]c12. The molecule has 11 heteroatoms. The number of anilines is 4. The summed E-state index contributed by atoms with van der Waals surface area (Å²) in [6, 6.07) is 10.1. The number of aromatic nitrogens is 5. The largest absolute Gasteiger partial charge is 0.373 e. The highest BCUT2D eigenvalue weighted by Gasteiger charge is 2.24. The molecule has 3 N–H and O–H groups in total. The van der Waals surface area contributed by atoms with Gasteiger partial charge in [-0.25, -0.2) is 18.7 Å². The fourth-order valence-corrected chi connectivity index (χ4v) is 4.78. The van der Waals surface area contributed by atoms with E-state index in [4.69, 9.17) is 4.74 Å². The third kappa shape index (κ3) is 4.09. The van der Waals surface area contributed by atoms with Crippen LogP contribution in [0.5, 0.6) is 0 Å². The molecule has 34 heavy (non-hydrogen) atoms. The Balaban J connectivity index is 1.38. The summed E-state index contributed by atoms with van der Waals surface area (Å²) >= 11 is 1.65. The molecule has 4 heterocycles. The third-order valence-electron chi connectivity index (χ3n) is 6.05. The molecule has 0 saturated heterocycles. The summed E-state index contributed by atoms with van der Waals surface area (Å²) in [4.78, 5) is 12.3. The molecule has 1 aliphatic heterocycles. The van der Waals surface area contributed by atoms with E-state index in [9.17, 15) is 8.78 Å². The van der Waals surface area contributed by atoms with Gasteiger partial charge in [-0.1, -0.05) is 6.07 Å². The molecule has 3 aromatic heterocycles. The second kappa shape index (κ2) is 8.55. The first-order valence-electron chi connectivity index (χ1n) is 11.1. The minimum atomic E-state index is -2.72. The van der Waals surface area contributed by atoms with E-state index in [0.29, 0.717) is 48.5 Å². The summed E-state index contributed by atoms with van der Waals surface area (Å²) in [5.74, 6) is 1.31. The van der Waals surface area contributed by atoms with Crippen LogP contribution < -0.4 is 10.6 Å². The highest BCUT2D eigenvalue weighted by molar-refractivity contribution is 7.98. The van der Waals surface area contributed by atoms with Crippen molar-refractivity contribution in [2.75, 3.05) is 23.5 Å². The van der Waals surface area contributed by atoms with Crippen LogP contribution in [0.25, 0.3) is 11.2 Å². The van der Waals surface area contributed by atoms with E-state index in [1.54, 1.807) is 17.8 Å². The summed E-state index contributed by atoms with van der Waals surface area (Å²) < 4.78 is 34.2. The molecule has 1 fully saturated rings. The van der Waals surface area contributed by atoms with Gasteiger partial charge < -0.3 is 20.4 Å². The van der Waals surface area contributed by atoms with Gasteiger partial charge >= 0.3 is 0 Å². The van der Waals surface area contributed by atoms with Gasteiger partial charge in [-0.3, -0.25) is 4.68 Å². The first kappa shape index (κ1) is 21.4. The number of nitrogens with one attached hydrogen (secondary N) is 3. The molecule has 1 aliphatic carbocycles. The Morgan fingerprint density at radius 2 is 2.00 bits per heavy atom. The monoisotopic (exact) mass is 483 g/mol. The minimum absolute atomic E-state index is 0.204. The number of imidazole rings is 1. The molecule has 0 radical (unpaired) electrons. The van der Waals surface area contributed by atoms with Crippen LogP contribution in [0, 0.1) is 0 Å². The van der Waals surface area contributed by atoms with E-state index in [1.807, 2.05) is 23.1 Å². The number of benzene rings is 1. The lowest BCUT2D eigenvalue weighted by atomic mass is 10.1. The summed E-state index contributed by atoms with van der Waals surface area (Å²) in [5, 5.41) is 11.2. The predicted octanol–water partition coefficient (Wildman–Crippen LogP) is 5.71. The Morgan fingerprint density at radius 3 is 2.76 bits per heavy atom. The number of thioether (sulfide) groups is 1. The normalized spacial score (nSPS) is 15.6. The maximum absolute atomic E-state index is 13.4. The minimum Gasteiger partial charge on any atom is -0.373 e. The van der Waals surface area contributed by atoms with Gasteiger partial charge in [0.05, 0.1) is 36.8 Å². The van der Waals surface area contributed by atoms with Crippen molar-refractivity contribution in [1.29, 1.82) is 0 Å². The number of H-pyrrole nitrogens is 1. The lowest BCUT2D eigenvalue weighted by molar-refractivity contribution is 0.0801.